The highest BCUT2D eigenvalue weighted by Crippen LogP contribution is 2.50. The van der Waals surface area contributed by atoms with Crippen LogP contribution in [0.2, 0.25) is 0 Å². The first-order chi connectivity index (χ1) is 7.45. The molecule has 1 N–H and O–H groups in total. The molecule has 2 aliphatic carbocycles. The average molecular weight is 220 g/mol. The summed E-state index contributed by atoms with van der Waals surface area (Å²) in [5, 5.41) is 10.1. The van der Waals surface area contributed by atoms with Crippen LogP contribution in [-0.4, -0.2) is 11.2 Å². The van der Waals surface area contributed by atoms with Gasteiger partial charge >= 0.3 is 0 Å². The van der Waals surface area contributed by atoms with Gasteiger partial charge in [0.1, 0.15) is 0 Å². The third kappa shape index (κ3) is 1.75. The molecule has 0 aromatic heterocycles. The predicted octanol–water partition coefficient (Wildman–Crippen LogP) is 3.84. The summed E-state index contributed by atoms with van der Waals surface area (Å²) in [6.45, 7) is 9.05. The van der Waals surface area contributed by atoms with Crippen molar-refractivity contribution in [2.45, 2.75) is 59.5 Å². The maximum absolute atomic E-state index is 10.1. The number of hydrogen-bond acceptors (Lipinski definition) is 1. The Labute approximate surface area is 99.3 Å². The Morgan fingerprint density at radius 3 is 2.69 bits per heavy atom. The van der Waals surface area contributed by atoms with Crippen molar-refractivity contribution in [3.8, 4) is 0 Å². The van der Waals surface area contributed by atoms with Crippen molar-refractivity contribution >= 4 is 0 Å². The van der Waals surface area contributed by atoms with Gasteiger partial charge in [0, 0.05) is 0 Å². The van der Waals surface area contributed by atoms with Gasteiger partial charge in [0.15, 0.2) is 0 Å². The summed E-state index contributed by atoms with van der Waals surface area (Å²) in [7, 11) is 0. The summed E-state index contributed by atoms with van der Waals surface area (Å²) in [6, 6.07) is 0. The molecule has 0 bridgehead atoms. The van der Waals surface area contributed by atoms with E-state index in [4.69, 9.17) is 0 Å². The van der Waals surface area contributed by atoms with Crippen LogP contribution < -0.4 is 0 Å². The van der Waals surface area contributed by atoms with Crippen LogP contribution in [0.15, 0.2) is 22.8 Å². The average Bonchev–Trinajstić information content (AvgIpc) is 2.38. The lowest BCUT2D eigenvalue weighted by Gasteiger charge is -2.44. The lowest BCUT2D eigenvalue weighted by atomic mass is 9.62. The lowest BCUT2D eigenvalue weighted by Crippen LogP contribution is -2.36. The van der Waals surface area contributed by atoms with Gasteiger partial charge < -0.3 is 5.11 Å². The fourth-order valence-electron chi connectivity index (χ4n) is 3.34. The maximum Gasteiger partial charge on any atom is 0.0753 e. The van der Waals surface area contributed by atoms with Crippen molar-refractivity contribution in [2.24, 2.45) is 11.3 Å². The van der Waals surface area contributed by atoms with Crippen molar-refractivity contribution in [2.75, 3.05) is 0 Å². The molecule has 0 saturated heterocycles. The van der Waals surface area contributed by atoms with Gasteiger partial charge in [-0.1, -0.05) is 31.1 Å². The Kier molecular flexibility index (Phi) is 3.00. The summed E-state index contributed by atoms with van der Waals surface area (Å²) in [5.41, 5.74) is 4.59. The van der Waals surface area contributed by atoms with Crippen LogP contribution in [0.25, 0.3) is 0 Å². The molecule has 2 rings (SSSR count). The molecule has 0 saturated carbocycles. The highest BCUT2D eigenvalue weighted by Gasteiger charge is 2.41. The molecule has 0 fully saturated rings. The van der Waals surface area contributed by atoms with E-state index in [1.54, 1.807) is 0 Å². The number of allylic oxidation sites excluding steroid dienone is 3. The molecule has 0 amide bonds. The van der Waals surface area contributed by atoms with Gasteiger partial charge in [0.2, 0.25) is 0 Å². The van der Waals surface area contributed by atoms with Crippen LogP contribution in [0.5, 0.6) is 0 Å². The van der Waals surface area contributed by atoms with Crippen molar-refractivity contribution in [3.05, 3.63) is 22.8 Å². The van der Waals surface area contributed by atoms with Crippen molar-refractivity contribution in [3.63, 3.8) is 0 Å². The Hall–Kier alpha value is -0.560. The van der Waals surface area contributed by atoms with E-state index in [-0.39, 0.29) is 6.10 Å². The van der Waals surface area contributed by atoms with Crippen LogP contribution in [0.3, 0.4) is 0 Å². The van der Waals surface area contributed by atoms with E-state index in [0.29, 0.717) is 11.3 Å². The van der Waals surface area contributed by atoms with Crippen molar-refractivity contribution < 1.29 is 5.11 Å². The topological polar surface area (TPSA) is 20.2 Å². The van der Waals surface area contributed by atoms with E-state index in [1.807, 2.05) is 0 Å². The lowest BCUT2D eigenvalue weighted by molar-refractivity contribution is 0.108. The number of aliphatic hydroxyl groups excluding tert-OH is 1. The van der Waals surface area contributed by atoms with Crippen molar-refractivity contribution in [1.82, 2.24) is 0 Å². The second kappa shape index (κ2) is 4.03. The van der Waals surface area contributed by atoms with E-state index in [1.165, 1.54) is 23.1 Å². The molecule has 0 unspecified atom stereocenters. The van der Waals surface area contributed by atoms with Crippen LogP contribution in [0.4, 0.5) is 0 Å². The van der Waals surface area contributed by atoms with E-state index >= 15 is 0 Å². The summed E-state index contributed by atoms with van der Waals surface area (Å²) in [6.07, 6.45) is 6.61. The molecule has 3 atom stereocenters. The van der Waals surface area contributed by atoms with Crippen LogP contribution in [0, 0.1) is 11.3 Å². The molecule has 0 aliphatic heterocycles. The zero-order valence-electron chi connectivity index (χ0n) is 11.0. The van der Waals surface area contributed by atoms with Gasteiger partial charge in [-0.2, -0.15) is 0 Å². The first-order valence-electron chi connectivity index (χ1n) is 6.49. The molecule has 0 heterocycles. The van der Waals surface area contributed by atoms with E-state index in [9.17, 15) is 5.11 Å². The fourth-order valence-corrected chi connectivity index (χ4v) is 3.34. The summed E-state index contributed by atoms with van der Waals surface area (Å²) < 4.78 is 0. The number of fused-ring (bicyclic) bond motifs is 1. The molecule has 0 aromatic rings. The van der Waals surface area contributed by atoms with Gasteiger partial charge in [0.05, 0.1) is 6.10 Å². The summed E-state index contributed by atoms with van der Waals surface area (Å²) in [5.74, 6) is 0.586. The third-order valence-electron chi connectivity index (χ3n) is 4.97. The van der Waals surface area contributed by atoms with E-state index < -0.39 is 0 Å². The number of aliphatic hydroxyl groups is 1. The Morgan fingerprint density at radius 1 is 1.31 bits per heavy atom. The zero-order valence-corrected chi connectivity index (χ0v) is 11.0. The minimum Gasteiger partial charge on any atom is -0.389 e. The molecular weight excluding hydrogens is 196 g/mol. The highest BCUT2D eigenvalue weighted by atomic mass is 16.3. The van der Waals surface area contributed by atoms with Gasteiger partial charge in [-0.3, -0.25) is 0 Å². The number of hydrogen-bond donors (Lipinski definition) is 1. The Morgan fingerprint density at radius 2 is 2.00 bits per heavy atom. The maximum atomic E-state index is 10.1. The smallest absolute Gasteiger partial charge is 0.0753 e. The fraction of sp³-hybridized carbons (Fsp3) is 0.733. The molecule has 0 radical (unpaired) electrons. The van der Waals surface area contributed by atoms with E-state index in [2.05, 4.69) is 33.8 Å². The molecule has 1 nitrogen and oxygen atoms in total. The molecule has 16 heavy (non-hydrogen) atoms. The first kappa shape index (κ1) is 11.9. The minimum atomic E-state index is -0.198. The number of rotatable bonds is 0. The Balaban J connectivity index is 2.45. The first-order valence-corrected chi connectivity index (χ1v) is 6.49. The SMILES string of the molecule is CC1=CC[C@]2(C)C(=C(C)[C@H](O)C[C@H]2C)CC1. The normalized spacial score (nSPS) is 40.2. The molecule has 0 aromatic carbocycles. The van der Waals surface area contributed by atoms with Crippen LogP contribution >= 0.6 is 0 Å². The molecular formula is C15H24O. The highest BCUT2D eigenvalue weighted by molar-refractivity contribution is 5.31. The van der Waals surface area contributed by atoms with Crippen molar-refractivity contribution in [1.29, 1.82) is 0 Å². The largest absolute Gasteiger partial charge is 0.389 e. The predicted molar refractivity (Wildman–Crippen MR) is 68.2 cm³/mol. The van der Waals surface area contributed by atoms with Crippen LogP contribution in [0.1, 0.15) is 53.4 Å². The molecule has 2 aliphatic rings. The quantitative estimate of drug-likeness (QED) is 0.615. The van der Waals surface area contributed by atoms with E-state index in [0.717, 1.165) is 19.3 Å². The van der Waals surface area contributed by atoms with Gasteiger partial charge in [-0.15, -0.1) is 0 Å². The van der Waals surface area contributed by atoms with Gasteiger partial charge in [-0.25, -0.2) is 0 Å². The standard InChI is InChI=1S/C15H24O/c1-10-5-6-13-12(3)14(16)9-11(2)15(13,4)8-7-10/h7,11,14,16H,5-6,8-9H2,1-4H3/t11-,14-,15+/m1/s1. The second-order valence-electron chi connectivity index (χ2n) is 5.99. The molecule has 90 valence electrons. The summed E-state index contributed by atoms with van der Waals surface area (Å²) >= 11 is 0. The minimum absolute atomic E-state index is 0.198. The van der Waals surface area contributed by atoms with Crippen LogP contribution in [-0.2, 0) is 0 Å². The molecule has 1 heteroatoms. The molecule has 0 spiro atoms. The van der Waals surface area contributed by atoms with Gasteiger partial charge in [-0.05, 0) is 56.4 Å². The third-order valence-corrected chi connectivity index (χ3v) is 4.97. The second-order valence-corrected chi connectivity index (χ2v) is 5.99. The summed E-state index contributed by atoms with van der Waals surface area (Å²) in [4.78, 5) is 0. The van der Waals surface area contributed by atoms with Gasteiger partial charge in [0.25, 0.3) is 0 Å². The monoisotopic (exact) mass is 220 g/mol. The zero-order chi connectivity index (χ0) is 11.9. The Bertz CT molecular complexity index is 350.